The van der Waals surface area contributed by atoms with Crippen LogP contribution in [0.4, 0.5) is 5.69 Å². The van der Waals surface area contributed by atoms with Crippen LogP contribution in [-0.4, -0.2) is 36.6 Å². The second kappa shape index (κ2) is 7.70. The van der Waals surface area contributed by atoms with Crippen LogP contribution in [-0.2, 0) is 16.1 Å². The summed E-state index contributed by atoms with van der Waals surface area (Å²) in [4.78, 5) is 21.9. The van der Waals surface area contributed by atoms with E-state index in [1.165, 1.54) is 12.1 Å². The average molecular weight is 293 g/mol. The minimum atomic E-state index is -0.453. The molecule has 0 aliphatic carbocycles. The molecule has 0 radical (unpaired) electrons. The van der Waals surface area contributed by atoms with Crippen LogP contribution in [0.1, 0.15) is 18.4 Å². The summed E-state index contributed by atoms with van der Waals surface area (Å²) in [5, 5.41) is 16.6. The Hall–Kier alpha value is -1.99. The summed E-state index contributed by atoms with van der Waals surface area (Å²) >= 11 is 0. The molecule has 0 aromatic heterocycles. The monoisotopic (exact) mass is 293 g/mol. The number of benzene rings is 1. The van der Waals surface area contributed by atoms with E-state index in [-0.39, 0.29) is 30.9 Å². The van der Waals surface area contributed by atoms with Crippen LogP contribution in [0.5, 0.6) is 0 Å². The van der Waals surface area contributed by atoms with E-state index in [9.17, 15) is 14.9 Å². The van der Waals surface area contributed by atoms with Crippen LogP contribution in [0.25, 0.3) is 0 Å². The molecule has 0 spiro atoms. The first-order valence-corrected chi connectivity index (χ1v) is 6.97. The topological polar surface area (TPSA) is 93.5 Å². The zero-order valence-corrected chi connectivity index (χ0v) is 11.7. The number of nitro groups is 1. The lowest BCUT2D eigenvalue weighted by atomic mass is 10.1. The number of amides is 1. The van der Waals surface area contributed by atoms with Gasteiger partial charge in [-0.1, -0.05) is 12.1 Å². The Bertz CT molecular complexity index is 501. The summed E-state index contributed by atoms with van der Waals surface area (Å²) in [6, 6.07) is 6.21. The molecule has 0 saturated carbocycles. The fraction of sp³-hybridized carbons (Fsp3) is 0.500. The summed E-state index contributed by atoms with van der Waals surface area (Å²) in [6.07, 6.45) is 1.96. The van der Waals surface area contributed by atoms with Crippen molar-refractivity contribution < 1.29 is 14.5 Å². The normalized spacial score (nSPS) is 15.6. The molecule has 1 fully saturated rings. The third-order valence-electron chi connectivity index (χ3n) is 3.35. The van der Waals surface area contributed by atoms with E-state index >= 15 is 0 Å². The van der Waals surface area contributed by atoms with E-state index in [0.29, 0.717) is 5.56 Å². The van der Waals surface area contributed by atoms with E-state index in [1.807, 2.05) is 0 Å². The van der Waals surface area contributed by atoms with E-state index in [0.717, 1.165) is 25.9 Å². The van der Waals surface area contributed by atoms with Gasteiger partial charge in [-0.25, -0.2) is 0 Å². The van der Waals surface area contributed by atoms with E-state index < -0.39 is 4.92 Å². The molecule has 0 bridgehead atoms. The fourth-order valence-electron chi connectivity index (χ4n) is 2.19. The van der Waals surface area contributed by atoms with E-state index in [2.05, 4.69) is 10.6 Å². The molecule has 1 amide bonds. The quantitative estimate of drug-likeness (QED) is 0.602. The Balaban J connectivity index is 1.73. The number of rotatable bonds is 6. The molecule has 2 N–H and O–H groups in total. The number of carbonyl (C=O) groups is 1. The van der Waals surface area contributed by atoms with Gasteiger partial charge in [-0.3, -0.25) is 14.9 Å². The van der Waals surface area contributed by atoms with Gasteiger partial charge < -0.3 is 15.4 Å². The molecular formula is C14H19N3O4. The Kier molecular flexibility index (Phi) is 5.65. The molecule has 7 heteroatoms. The van der Waals surface area contributed by atoms with Gasteiger partial charge in [0.15, 0.2) is 0 Å². The van der Waals surface area contributed by atoms with Gasteiger partial charge in [-0.05, 0) is 31.5 Å². The molecule has 1 aromatic rings. The number of nitrogens with one attached hydrogen (secondary N) is 2. The number of non-ortho nitro benzene ring substituents is 1. The molecular weight excluding hydrogens is 274 g/mol. The van der Waals surface area contributed by atoms with Gasteiger partial charge in [-0.15, -0.1) is 0 Å². The highest BCUT2D eigenvalue weighted by Crippen LogP contribution is 2.12. The predicted molar refractivity (Wildman–Crippen MR) is 76.8 cm³/mol. The first-order chi connectivity index (χ1) is 10.1. The molecule has 21 heavy (non-hydrogen) atoms. The molecule has 1 aromatic carbocycles. The Morgan fingerprint density at radius 1 is 1.43 bits per heavy atom. The summed E-state index contributed by atoms with van der Waals surface area (Å²) in [5.41, 5.74) is 0.715. The van der Waals surface area contributed by atoms with Crippen LogP contribution in [0.2, 0.25) is 0 Å². The van der Waals surface area contributed by atoms with Gasteiger partial charge in [0.1, 0.15) is 6.61 Å². The van der Waals surface area contributed by atoms with Gasteiger partial charge in [0.05, 0.1) is 11.0 Å². The van der Waals surface area contributed by atoms with Crippen molar-refractivity contribution in [1.29, 1.82) is 0 Å². The lowest BCUT2D eigenvalue weighted by Gasteiger charge is -2.22. The summed E-state index contributed by atoms with van der Waals surface area (Å²) in [6.45, 7) is 2.12. The van der Waals surface area contributed by atoms with Crippen LogP contribution < -0.4 is 10.6 Å². The predicted octanol–water partition coefficient (Wildman–Crippen LogP) is 0.980. The van der Waals surface area contributed by atoms with Crippen molar-refractivity contribution in [2.45, 2.75) is 25.5 Å². The van der Waals surface area contributed by atoms with Crippen molar-refractivity contribution in [2.75, 3.05) is 19.7 Å². The van der Waals surface area contributed by atoms with E-state index in [4.69, 9.17) is 4.74 Å². The van der Waals surface area contributed by atoms with Gasteiger partial charge in [0, 0.05) is 18.7 Å². The Morgan fingerprint density at radius 2 is 2.19 bits per heavy atom. The summed E-state index contributed by atoms with van der Waals surface area (Å²) < 4.78 is 5.53. The molecule has 114 valence electrons. The zero-order chi connectivity index (χ0) is 15.1. The lowest BCUT2D eigenvalue weighted by molar-refractivity contribution is -0.384. The van der Waals surface area contributed by atoms with Crippen molar-refractivity contribution in [2.24, 2.45) is 0 Å². The first kappa shape index (κ1) is 15.4. The maximum Gasteiger partial charge on any atom is 0.269 e. The molecule has 2 rings (SSSR count). The minimum Gasteiger partial charge on any atom is -0.368 e. The lowest BCUT2D eigenvalue weighted by Crippen LogP contribution is -2.35. The first-order valence-electron chi connectivity index (χ1n) is 6.97. The van der Waals surface area contributed by atoms with E-state index in [1.54, 1.807) is 12.1 Å². The van der Waals surface area contributed by atoms with Crippen LogP contribution in [0.3, 0.4) is 0 Å². The third kappa shape index (κ3) is 5.13. The largest absolute Gasteiger partial charge is 0.368 e. The molecule has 1 aliphatic heterocycles. The number of carbonyl (C=O) groups excluding carboxylic acids is 1. The summed E-state index contributed by atoms with van der Waals surface area (Å²) in [5.74, 6) is -0.208. The van der Waals surface area contributed by atoms with Crippen molar-refractivity contribution in [3.8, 4) is 0 Å². The third-order valence-corrected chi connectivity index (χ3v) is 3.35. The number of nitrogens with zero attached hydrogens (tertiary/aromatic N) is 1. The maximum atomic E-state index is 11.7. The highest BCUT2D eigenvalue weighted by Gasteiger charge is 2.14. The van der Waals surface area contributed by atoms with Crippen molar-refractivity contribution in [3.05, 3.63) is 39.9 Å². The number of ether oxygens (including phenoxy) is 1. The summed E-state index contributed by atoms with van der Waals surface area (Å²) in [7, 11) is 0. The van der Waals surface area contributed by atoms with Crippen LogP contribution in [0, 0.1) is 10.1 Å². The van der Waals surface area contributed by atoms with Crippen molar-refractivity contribution >= 4 is 11.6 Å². The zero-order valence-electron chi connectivity index (χ0n) is 11.7. The highest BCUT2D eigenvalue weighted by atomic mass is 16.6. The standard InChI is InChI=1S/C14H19N3O4/c18-14(10-21-13-4-6-15-7-5-13)16-9-11-2-1-3-12(8-11)17(19)20/h1-3,8,13,15H,4-7,9-10H2,(H,16,18). The van der Waals surface area contributed by atoms with Crippen molar-refractivity contribution in [1.82, 2.24) is 10.6 Å². The number of hydrogen-bond donors (Lipinski definition) is 2. The highest BCUT2D eigenvalue weighted by molar-refractivity contribution is 5.77. The van der Waals surface area contributed by atoms with Gasteiger partial charge in [-0.2, -0.15) is 0 Å². The Labute approximate surface area is 122 Å². The molecule has 0 atom stereocenters. The Morgan fingerprint density at radius 3 is 2.90 bits per heavy atom. The second-order valence-electron chi connectivity index (χ2n) is 4.96. The maximum absolute atomic E-state index is 11.7. The molecule has 1 aliphatic rings. The van der Waals surface area contributed by atoms with Gasteiger partial charge in [0.25, 0.3) is 5.69 Å². The molecule has 0 unspecified atom stereocenters. The number of nitro benzene ring substituents is 1. The van der Waals surface area contributed by atoms with Gasteiger partial charge >= 0.3 is 0 Å². The molecule has 7 nitrogen and oxygen atoms in total. The second-order valence-corrected chi connectivity index (χ2v) is 4.96. The van der Waals surface area contributed by atoms with Crippen LogP contribution in [0.15, 0.2) is 24.3 Å². The van der Waals surface area contributed by atoms with Gasteiger partial charge in [0.2, 0.25) is 5.91 Å². The SMILES string of the molecule is O=C(COC1CCNCC1)NCc1cccc([N+](=O)[O-])c1. The van der Waals surface area contributed by atoms with Crippen molar-refractivity contribution in [3.63, 3.8) is 0 Å². The fourth-order valence-corrected chi connectivity index (χ4v) is 2.19. The molecule has 1 heterocycles. The minimum absolute atomic E-state index is 0.0210. The number of piperidine rings is 1. The average Bonchev–Trinajstić information content (AvgIpc) is 2.52. The molecule has 1 saturated heterocycles. The van der Waals surface area contributed by atoms with Crippen LogP contribution >= 0.6 is 0 Å². The number of hydrogen-bond acceptors (Lipinski definition) is 5. The smallest absolute Gasteiger partial charge is 0.269 e.